The standard InChI is InChI=1S/C17H17FN4O2/c18-13-10-11(19)7-8-15(13)24-22-16-14(6-3-9-20-16)21(17(22)23)12-4-1-2-5-12/h3,6-10,12H,1-2,4-5,19H2. The maximum Gasteiger partial charge on any atom is 0.364 e. The summed E-state index contributed by atoms with van der Waals surface area (Å²) in [6.07, 6.45) is 5.67. The largest absolute Gasteiger partial charge is 0.399 e. The molecule has 1 aliphatic carbocycles. The van der Waals surface area contributed by atoms with E-state index in [0.717, 1.165) is 36.5 Å². The van der Waals surface area contributed by atoms with Crippen LogP contribution in [-0.2, 0) is 0 Å². The minimum absolute atomic E-state index is 0.0672. The zero-order valence-electron chi connectivity index (χ0n) is 13.0. The van der Waals surface area contributed by atoms with Crippen LogP contribution in [0.4, 0.5) is 10.1 Å². The van der Waals surface area contributed by atoms with Crippen molar-refractivity contribution in [3.8, 4) is 5.75 Å². The fourth-order valence-electron chi connectivity index (χ4n) is 3.31. The number of benzene rings is 1. The molecule has 0 atom stereocenters. The average Bonchev–Trinajstić information content (AvgIpc) is 3.17. The van der Waals surface area contributed by atoms with Crippen molar-refractivity contribution in [1.82, 2.24) is 14.3 Å². The molecule has 0 spiro atoms. The summed E-state index contributed by atoms with van der Waals surface area (Å²) in [5.41, 5.74) is 6.58. The highest BCUT2D eigenvalue weighted by atomic mass is 19.1. The van der Waals surface area contributed by atoms with Gasteiger partial charge < -0.3 is 10.6 Å². The van der Waals surface area contributed by atoms with E-state index in [1.807, 2.05) is 6.07 Å². The smallest absolute Gasteiger partial charge is 0.364 e. The average molecular weight is 328 g/mol. The lowest BCUT2D eigenvalue weighted by molar-refractivity contribution is 0.200. The number of nitrogen functional groups attached to an aromatic ring is 1. The van der Waals surface area contributed by atoms with Gasteiger partial charge in [-0.3, -0.25) is 4.57 Å². The third-order valence-electron chi connectivity index (χ3n) is 4.43. The number of nitrogens with two attached hydrogens (primary N) is 1. The fraction of sp³-hybridized carbons (Fsp3) is 0.294. The number of imidazole rings is 1. The summed E-state index contributed by atoms with van der Waals surface area (Å²) in [6.45, 7) is 0. The predicted octanol–water partition coefficient (Wildman–Crippen LogP) is 2.88. The first-order valence-electron chi connectivity index (χ1n) is 7.96. The van der Waals surface area contributed by atoms with Crippen LogP contribution in [0.15, 0.2) is 41.3 Å². The number of nitrogens with zero attached hydrogens (tertiary/aromatic N) is 3. The molecule has 4 rings (SSSR count). The second-order valence-electron chi connectivity index (χ2n) is 6.01. The van der Waals surface area contributed by atoms with Crippen LogP contribution in [0.3, 0.4) is 0 Å². The molecule has 7 heteroatoms. The van der Waals surface area contributed by atoms with Crippen LogP contribution < -0.4 is 16.3 Å². The van der Waals surface area contributed by atoms with Crippen molar-refractivity contribution in [3.63, 3.8) is 0 Å². The maximum atomic E-state index is 14.0. The molecule has 0 bridgehead atoms. The van der Waals surface area contributed by atoms with Crippen molar-refractivity contribution < 1.29 is 9.23 Å². The molecule has 1 aromatic carbocycles. The van der Waals surface area contributed by atoms with Gasteiger partial charge in [0.25, 0.3) is 0 Å². The van der Waals surface area contributed by atoms with E-state index < -0.39 is 5.82 Å². The van der Waals surface area contributed by atoms with Gasteiger partial charge in [0.2, 0.25) is 0 Å². The Morgan fingerprint density at radius 3 is 2.79 bits per heavy atom. The Morgan fingerprint density at radius 2 is 2.04 bits per heavy atom. The Balaban J connectivity index is 1.86. The molecule has 1 fully saturated rings. The second kappa shape index (κ2) is 5.67. The number of anilines is 1. The molecule has 2 N–H and O–H groups in total. The van der Waals surface area contributed by atoms with E-state index in [2.05, 4.69) is 4.98 Å². The van der Waals surface area contributed by atoms with Crippen LogP contribution >= 0.6 is 0 Å². The Kier molecular flexibility index (Phi) is 3.48. The van der Waals surface area contributed by atoms with Gasteiger partial charge >= 0.3 is 5.69 Å². The molecular weight excluding hydrogens is 311 g/mol. The molecule has 0 radical (unpaired) electrons. The monoisotopic (exact) mass is 328 g/mol. The number of rotatable bonds is 3. The first kappa shape index (κ1) is 14.7. The first-order chi connectivity index (χ1) is 11.6. The first-order valence-corrected chi connectivity index (χ1v) is 7.96. The minimum atomic E-state index is -0.625. The van der Waals surface area contributed by atoms with Crippen LogP contribution in [0.2, 0.25) is 0 Å². The van der Waals surface area contributed by atoms with Gasteiger partial charge in [-0.1, -0.05) is 12.8 Å². The summed E-state index contributed by atoms with van der Waals surface area (Å²) < 4.78 is 16.8. The third-order valence-corrected chi connectivity index (χ3v) is 4.43. The molecule has 0 unspecified atom stereocenters. The Hall–Kier alpha value is -2.83. The molecule has 0 aliphatic heterocycles. The summed E-state index contributed by atoms with van der Waals surface area (Å²) >= 11 is 0. The third kappa shape index (κ3) is 2.33. The Bertz CT molecular complexity index is 957. The van der Waals surface area contributed by atoms with E-state index in [-0.39, 0.29) is 17.5 Å². The van der Waals surface area contributed by atoms with Crippen molar-refractivity contribution in [2.45, 2.75) is 31.7 Å². The van der Waals surface area contributed by atoms with Gasteiger partial charge in [0, 0.05) is 24.0 Å². The summed E-state index contributed by atoms with van der Waals surface area (Å²) in [6, 6.07) is 7.82. The Labute approximate surface area is 137 Å². The number of fused-ring (bicyclic) bond motifs is 1. The van der Waals surface area contributed by atoms with E-state index in [1.54, 1.807) is 16.8 Å². The summed E-state index contributed by atoms with van der Waals surface area (Å²) in [7, 11) is 0. The molecule has 124 valence electrons. The summed E-state index contributed by atoms with van der Waals surface area (Å²) in [5.74, 6) is -0.693. The molecule has 2 heterocycles. The number of pyridine rings is 1. The van der Waals surface area contributed by atoms with Crippen molar-refractivity contribution in [1.29, 1.82) is 0 Å². The number of halogens is 1. The van der Waals surface area contributed by atoms with E-state index in [1.165, 1.54) is 12.1 Å². The van der Waals surface area contributed by atoms with Crippen molar-refractivity contribution >= 4 is 16.9 Å². The predicted molar refractivity (Wildman–Crippen MR) is 88.3 cm³/mol. The molecule has 2 aromatic heterocycles. The topological polar surface area (TPSA) is 75.1 Å². The van der Waals surface area contributed by atoms with E-state index in [0.29, 0.717) is 16.9 Å². The van der Waals surface area contributed by atoms with E-state index in [9.17, 15) is 9.18 Å². The lowest BCUT2D eigenvalue weighted by Crippen LogP contribution is -2.29. The SMILES string of the molecule is Nc1ccc(On2c(=O)n(C3CCCC3)c3cccnc32)c(F)c1. The highest BCUT2D eigenvalue weighted by molar-refractivity contribution is 5.71. The highest BCUT2D eigenvalue weighted by Gasteiger charge is 2.25. The Morgan fingerprint density at radius 1 is 1.25 bits per heavy atom. The summed E-state index contributed by atoms with van der Waals surface area (Å²) in [4.78, 5) is 22.7. The van der Waals surface area contributed by atoms with Crippen LogP contribution in [0.5, 0.6) is 5.75 Å². The van der Waals surface area contributed by atoms with Gasteiger partial charge in [0.1, 0.15) is 0 Å². The number of aromatic nitrogens is 3. The molecule has 0 saturated heterocycles. The molecular formula is C17H17FN4O2. The quantitative estimate of drug-likeness (QED) is 0.750. The zero-order chi connectivity index (χ0) is 16.7. The molecule has 0 amide bonds. The van der Waals surface area contributed by atoms with Crippen LogP contribution in [0.1, 0.15) is 31.7 Å². The van der Waals surface area contributed by atoms with E-state index in [4.69, 9.17) is 10.6 Å². The summed E-state index contributed by atoms with van der Waals surface area (Å²) in [5, 5.41) is 0. The van der Waals surface area contributed by atoms with Gasteiger partial charge in [-0.25, -0.2) is 14.2 Å². The molecule has 3 aromatic rings. The van der Waals surface area contributed by atoms with Gasteiger partial charge in [-0.05, 0) is 37.1 Å². The highest BCUT2D eigenvalue weighted by Crippen LogP contribution is 2.31. The molecule has 1 aliphatic rings. The van der Waals surface area contributed by atoms with E-state index >= 15 is 0 Å². The van der Waals surface area contributed by atoms with Crippen LogP contribution in [-0.4, -0.2) is 14.3 Å². The van der Waals surface area contributed by atoms with Crippen molar-refractivity contribution in [3.05, 3.63) is 52.8 Å². The normalized spacial score (nSPS) is 15.2. The number of hydrogen-bond acceptors (Lipinski definition) is 4. The fourth-order valence-corrected chi connectivity index (χ4v) is 3.31. The van der Waals surface area contributed by atoms with Gasteiger partial charge in [-0.2, -0.15) is 0 Å². The number of hydrogen-bond donors (Lipinski definition) is 1. The van der Waals surface area contributed by atoms with Gasteiger partial charge in [0.05, 0.1) is 5.52 Å². The molecule has 1 saturated carbocycles. The zero-order valence-corrected chi connectivity index (χ0v) is 13.0. The van der Waals surface area contributed by atoms with Crippen molar-refractivity contribution in [2.75, 3.05) is 5.73 Å². The lowest BCUT2D eigenvalue weighted by atomic mass is 10.2. The van der Waals surface area contributed by atoms with Gasteiger partial charge in [-0.15, -0.1) is 4.73 Å². The molecule has 6 nitrogen and oxygen atoms in total. The molecule has 24 heavy (non-hydrogen) atoms. The van der Waals surface area contributed by atoms with Crippen molar-refractivity contribution in [2.24, 2.45) is 0 Å². The van der Waals surface area contributed by atoms with Crippen LogP contribution in [0, 0.1) is 5.82 Å². The van der Waals surface area contributed by atoms with Crippen LogP contribution in [0.25, 0.3) is 11.2 Å². The lowest BCUT2D eigenvalue weighted by Gasteiger charge is -2.10. The minimum Gasteiger partial charge on any atom is -0.399 e. The van der Waals surface area contributed by atoms with Gasteiger partial charge in [0.15, 0.2) is 17.2 Å². The second-order valence-corrected chi connectivity index (χ2v) is 6.01. The maximum absolute atomic E-state index is 14.0.